The molecule has 2 amide bonds. The Morgan fingerprint density at radius 1 is 1.00 bits per heavy atom. The molecule has 1 heterocycles. The number of rotatable bonds is 10. The summed E-state index contributed by atoms with van der Waals surface area (Å²) in [5.41, 5.74) is 2.82. The van der Waals surface area contributed by atoms with Gasteiger partial charge in [-0.05, 0) is 68.3 Å². The van der Waals surface area contributed by atoms with E-state index in [9.17, 15) is 9.59 Å². The van der Waals surface area contributed by atoms with Crippen LogP contribution < -0.4 is 20.3 Å². The molecule has 2 N–H and O–H groups in total. The van der Waals surface area contributed by atoms with Crippen LogP contribution in [-0.2, 0) is 9.53 Å². The first-order valence-corrected chi connectivity index (χ1v) is 12.0. The minimum atomic E-state index is -0.195. The van der Waals surface area contributed by atoms with E-state index in [1.54, 1.807) is 29.2 Å². The van der Waals surface area contributed by atoms with Gasteiger partial charge in [-0.3, -0.25) is 9.59 Å². The average Bonchev–Trinajstić information content (AvgIpc) is 3.42. The van der Waals surface area contributed by atoms with Gasteiger partial charge in [-0.15, -0.1) is 0 Å². The molecule has 1 aliphatic rings. The van der Waals surface area contributed by atoms with Crippen LogP contribution in [0.3, 0.4) is 0 Å². The molecular weight excluding hydrogens is 442 g/mol. The normalized spacial score (nSPS) is 14.8. The smallest absolute Gasteiger partial charge is 0.258 e. The number of ether oxygens (including phenoxy) is 2. The van der Waals surface area contributed by atoms with Crippen molar-refractivity contribution >= 4 is 28.9 Å². The number of anilines is 3. The molecule has 0 aliphatic carbocycles. The molecule has 0 radical (unpaired) electrons. The van der Waals surface area contributed by atoms with Crippen LogP contribution in [0.1, 0.15) is 30.1 Å². The fourth-order valence-corrected chi connectivity index (χ4v) is 3.97. The van der Waals surface area contributed by atoms with Crippen LogP contribution in [0.25, 0.3) is 0 Å². The van der Waals surface area contributed by atoms with Crippen LogP contribution >= 0.6 is 0 Å². The Balaban J connectivity index is 1.30. The number of hydrogen-bond acceptors (Lipinski definition) is 5. The maximum atomic E-state index is 12.9. The van der Waals surface area contributed by atoms with Crippen molar-refractivity contribution in [2.75, 3.05) is 41.8 Å². The Morgan fingerprint density at radius 2 is 1.74 bits per heavy atom. The topological polar surface area (TPSA) is 79.9 Å². The zero-order chi connectivity index (χ0) is 24.5. The first-order chi connectivity index (χ1) is 17.1. The van der Waals surface area contributed by atoms with Gasteiger partial charge < -0.3 is 25.0 Å². The van der Waals surface area contributed by atoms with Crippen molar-refractivity contribution in [2.24, 2.45) is 0 Å². The Hall–Kier alpha value is -3.84. The second-order valence-electron chi connectivity index (χ2n) is 8.31. The quantitative estimate of drug-likeness (QED) is 0.435. The lowest BCUT2D eigenvalue weighted by Crippen LogP contribution is -2.30. The molecular formula is C28H31N3O4. The monoisotopic (exact) mass is 473 g/mol. The zero-order valence-electron chi connectivity index (χ0n) is 19.9. The number of nitrogens with zero attached hydrogens (tertiary/aromatic N) is 1. The molecule has 1 unspecified atom stereocenters. The second kappa shape index (κ2) is 12.0. The molecule has 35 heavy (non-hydrogen) atoms. The summed E-state index contributed by atoms with van der Waals surface area (Å²) < 4.78 is 11.5. The summed E-state index contributed by atoms with van der Waals surface area (Å²) in [6.45, 7) is 3.85. The van der Waals surface area contributed by atoms with Crippen LogP contribution in [0.2, 0.25) is 0 Å². The summed E-state index contributed by atoms with van der Waals surface area (Å²) in [5.74, 6) is 0.361. The Kier molecular flexibility index (Phi) is 8.35. The van der Waals surface area contributed by atoms with E-state index in [-0.39, 0.29) is 24.5 Å². The van der Waals surface area contributed by atoms with E-state index in [1.807, 2.05) is 61.5 Å². The Morgan fingerprint density at radius 3 is 2.46 bits per heavy atom. The number of nitrogens with one attached hydrogen (secondary N) is 2. The molecule has 0 saturated carbocycles. The third-order valence-electron chi connectivity index (χ3n) is 5.82. The van der Waals surface area contributed by atoms with E-state index in [2.05, 4.69) is 10.6 Å². The predicted octanol–water partition coefficient (Wildman–Crippen LogP) is 4.96. The van der Waals surface area contributed by atoms with Crippen molar-refractivity contribution in [1.29, 1.82) is 0 Å². The number of amides is 2. The van der Waals surface area contributed by atoms with E-state index < -0.39 is 0 Å². The molecule has 7 heteroatoms. The third kappa shape index (κ3) is 6.61. The molecule has 4 rings (SSSR count). The number of para-hydroxylation sites is 3. The van der Waals surface area contributed by atoms with Gasteiger partial charge in [0.25, 0.3) is 5.91 Å². The molecule has 0 bridgehead atoms. The SMILES string of the molecule is CCN(C(=O)c1ccc(NCC(=O)Nc2ccccc2OCC2CCCO2)cc1)c1ccccc1. The molecule has 1 saturated heterocycles. The van der Waals surface area contributed by atoms with Gasteiger partial charge in [0.2, 0.25) is 5.91 Å². The second-order valence-corrected chi connectivity index (χ2v) is 8.31. The molecule has 182 valence electrons. The van der Waals surface area contributed by atoms with E-state index >= 15 is 0 Å². The van der Waals surface area contributed by atoms with Crippen molar-refractivity contribution in [2.45, 2.75) is 25.9 Å². The maximum absolute atomic E-state index is 12.9. The highest BCUT2D eigenvalue weighted by atomic mass is 16.5. The van der Waals surface area contributed by atoms with Gasteiger partial charge in [0.05, 0.1) is 18.3 Å². The van der Waals surface area contributed by atoms with Gasteiger partial charge in [0, 0.05) is 30.1 Å². The standard InChI is InChI=1S/C28H31N3O4/c1-2-31(23-9-4-3-5-10-23)28(33)21-14-16-22(17-15-21)29-19-27(32)30-25-12-6-7-13-26(25)35-20-24-11-8-18-34-24/h3-7,9-10,12-17,24,29H,2,8,11,18-20H2,1H3,(H,30,32). The van der Waals surface area contributed by atoms with Crippen LogP contribution in [0.5, 0.6) is 5.75 Å². The first-order valence-electron chi connectivity index (χ1n) is 12.0. The lowest BCUT2D eigenvalue weighted by Gasteiger charge is -2.21. The molecule has 1 aliphatic heterocycles. The first kappa shape index (κ1) is 24.3. The molecule has 3 aromatic rings. The van der Waals surface area contributed by atoms with Crippen molar-refractivity contribution in [3.05, 3.63) is 84.4 Å². The highest BCUT2D eigenvalue weighted by molar-refractivity contribution is 6.06. The van der Waals surface area contributed by atoms with Crippen molar-refractivity contribution in [3.63, 3.8) is 0 Å². The van der Waals surface area contributed by atoms with E-state index in [4.69, 9.17) is 9.47 Å². The average molecular weight is 474 g/mol. The molecule has 0 spiro atoms. The van der Waals surface area contributed by atoms with Gasteiger partial charge in [-0.25, -0.2) is 0 Å². The summed E-state index contributed by atoms with van der Waals surface area (Å²) in [7, 11) is 0. The van der Waals surface area contributed by atoms with Gasteiger partial charge in [-0.2, -0.15) is 0 Å². The highest BCUT2D eigenvalue weighted by Gasteiger charge is 2.18. The van der Waals surface area contributed by atoms with Crippen molar-refractivity contribution in [1.82, 2.24) is 0 Å². The molecule has 7 nitrogen and oxygen atoms in total. The number of carbonyl (C=O) groups excluding carboxylic acids is 2. The molecule has 1 fully saturated rings. The molecule has 1 atom stereocenters. The largest absolute Gasteiger partial charge is 0.489 e. The lowest BCUT2D eigenvalue weighted by molar-refractivity contribution is -0.114. The van der Waals surface area contributed by atoms with E-state index in [0.717, 1.165) is 30.8 Å². The van der Waals surface area contributed by atoms with Crippen LogP contribution in [0.4, 0.5) is 17.1 Å². The van der Waals surface area contributed by atoms with Gasteiger partial charge in [0.15, 0.2) is 0 Å². The summed E-state index contributed by atoms with van der Waals surface area (Å²) in [6, 6.07) is 24.1. The number of hydrogen-bond donors (Lipinski definition) is 2. The summed E-state index contributed by atoms with van der Waals surface area (Å²) in [6.07, 6.45) is 2.15. The zero-order valence-corrected chi connectivity index (χ0v) is 19.9. The van der Waals surface area contributed by atoms with Gasteiger partial charge in [0.1, 0.15) is 12.4 Å². The minimum absolute atomic E-state index is 0.0670. The van der Waals surface area contributed by atoms with Crippen molar-refractivity contribution < 1.29 is 19.1 Å². The summed E-state index contributed by atoms with van der Waals surface area (Å²) >= 11 is 0. The highest BCUT2D eigenvalue weighted by Crippen LogP contribution is 2.25. The maximum Gasteiger partial charge on any atom is 0.258 e. The van der Waals surface area contributed by atoms with Crippen LogP contribution in [-0.4, -0.2) is 44.2 Å². The fraction of sp³-hybridized carbons (Fsp3) is 0.286. The van der Waals surface area contributed by atoms with E-state index in [0.29, 0.717) is 30.2 Å². The summed E-state index contributed by atoms with van der Waals surface area (Å²) in [4.78, 5) is 27.2. The number of benzene rings is 3. The predicted molar refractivity (Wildman–Crippen MR) is 138 cm³/mol. The fourth-order valence-electron chi connectivity index (χ4n) is 3.97. The minimum Gasteiger partial charge on any atom is -0.489 e. The Bertz CT molecular complexity index is 1110. The van der Waals surface area contributed by atoms with E-state index in [1.165, 1.54) is 0 Å². The molecule has 3 aromatic carbocycles. The lowest BCUT2D eigenvalue weighted by atomic mass is 10.1. The van der Waals surface area contributed by atoms with Crippen molar-refractivity contribution in [3.8, 4) is 5.75 Å². The van der Waals surface area contributed by atoms with Gasteiger partial charge in [-0.1, -0.05) is 30.3 Å². The Labute approximate surface area is 206 Å². The molecule has 0 aromatic heterocycles. The third-order valence-corrected chi connectivity index (χ3v) is 5.82. The number of carbonyl (C=O) groups is 2. The van der Waals surface area contributed by atoms with Crippen LogP contribution in [0.15, 0.2) is 78.9 Å². The van der Waals surface area contributed by atoms with Gasteiger partial charge >= 0.3 is 0 Å². The summed E-state index contributed by atoms with van der Waals surface area (Å²) in [5, 5.41) is 6.00. The van der Waals surface area contributed by atoms with Crippen LogP contribution in [0, 0.1) is 0 Å².